The first-order valence-corrected chi connectivity index (χ1v) is 9.59. The van der Waals surface area contributed by atoms with Crippen molar-refractivity contribution in [3.63, 3.8) is 0 Å². The number of carbonyl (C=O) groups is 1. The Balaban J connectivity index is 2.96. The van der Waals surface area contributed by atoms with Crippen molar-refractivity contribution in [2.75, 3.05) is 28.4 Å². The Hall–Kier alpha value is -1.67. The SMILES string of the molecule is COc1ccc(C(CCC[Si](OC)(OC)OC)=C(C)C(=O)O)cc1. The van der Waals surface area contributed by atoms with E-state index in [1.54, 1.807) is 35.4 Å². The molecule has 0 radical (unpaired) electrons. The minimum Gasteiger partial charge on any atom is -0.497 e. The Kier molecular flexibility index (Phi) is 8.13. The predicted molar refractivity (Wildman–Crippen MR) is 94.0 cm³/mol. The van der Waals surface area contributed by atoms with E-state index in [1.165, 1.54) is 0 Å². The summed E-state index contributed by atoms with van der Waals surface area (Å²) < 4.78 is 21.4. The van der Waals surface area contributed by atoms with Crippen LogP contribution in [0.3, 0.4) is 0 Å². The molecule has 0 aliphatic heterocycles. The molecule has 0 aliphatic carbocycles. The number of ether oxygens (including phenoxy) is 1. The molecule has 1 N–H and O–H groups in total. The Bertz CT molecular complexity index is 555. The van der Waals surface area contributed by atoms with Gasteiger partial charge in [-0.05, 0) is 43.0 Å². The van der Waals surface area contributed by atoms with Crippen molar-refractivity contribution in [2.24, 2.45) is 0 Å². The number of hydrogen-bond donors (Lipinski definition) is 1. The van der Waals surface area contributed by atoms with Crippen LogP contribution in [-0.2, 0) is 18.1 Å². The molecule has 0 aromatic heterocycles. The van der Waals surface area contributed by atoms with Gasteiger partial charge in [0.1, 0.15) is 5.75 Å². The van der Waals surface area contributed by atoms with Crippen molar-refractivity contribution in [3.05, 3.63) is 35.4 Å². The third kappa shape index (κ3) is 5.17. The zero-order valence-corrected chi connectivity index (χ0v) is 15.9. The van der Waals surface area contributed by atoms with Crippen LogP contribution in [0.25, 0.3) is 5.57 Å². The number of benzene rings is 1. The van der Waals surface area contributed by atoms with Gasteiger partial charge in [-0.2, -0.15) is 0 Å². The predicted octanol–water partition coefficient (Wildman–Crippen LogP) is 3.21. The topological polar surface area (TPSA) is 74.2 Å². The van der Waals surface area contributed by atoms with E-state index in [1.807, 2.05) is 24.3 Å². The first kappa shape index (κ1) is 20.4. The molecule has 7 heteroatoms. The third-order valence-corrected chi connectivity index (χ3v) is 6.89. The Morgan fingerprint density at radius 2 is 1.58 bits per heavy atom. The molecule has 0 saturated heterocycles. The van der Waals surface area contributed by atoms with Crippen molar-refractivity contribution in [3.8, 4) is 5.75 Å². The average molecular weight is 354 g/mol. The fourth-order valence-electron chi connectivity index (χ4n) is 2.51. The number of rotatable bonds is 10. The van der Waals surface area contributed by atoms with E-state index in [9.17, 15) is 9.90 Å². The number of allylic oxidation sites excluding steroid dienone is 1. The Morgan fingerprint density at radius 3 is 2.00 bits per heavy atom. The van der Waals surface area contributed by atoms with Crippen molar-refractivity contribution in [2.45, 2.75) is 25.8 Å². The van der Waals surface area contributed by atoms with Crippen LogP contribution in [0.2, 0.25) is 6.04 Å². The second kappa shape index (κ2) is 9.58. The maximum atomic E-state index is 11.4. The van der Waals surface area contributed by atoms with E-state index in [0.717, 1.165) is 16.9 Å². The molecule has 0 fully saturated rings. The average Bonchev–Trinajstić information content (AvgIpc) is 2.62. The summed E-state index contributed by atoms with van der Waals surface area (Å²) in [5.41, 5.74) is 1.99. The minimum atomic E-state index is -2.65. The van der Waals surface area contributed by atoms with Crippen LogP contribution < -0.4 is 4.74 Å². The van der Waals surface area contributed by atoms with Crippen LogP contribution in [0.4, 0.5) is 0 Å². The van der Waals surface area contributed by atoms with Gasteiger partial charge in [0.05, 0.1) is 7.11 Å². The molecule has 0 atom stereocenters. The highest BCUT2D eigenvalue weighted by Gasteiger charge is 2.37. The summed E-state index contributed by atoms with van der Waals surface area (Å²) in [5.74, 6) is -0.190. The molecule has 0 saturated carbocycles. The summed E-state index contributed by atoms with van der Waals surface area (Å²) in [6, 6.07) is 8.00. The fraction of sp³-hybridized carbons (Fsp3) is 0.471. The molecular formula is C17H26O6Si. The summed E-state index contributed by atoms with van der Waals surface area (Å²) in [7, 11) is 3.66. The molecule has 1 aromatic carbocycles. The van der Waals surface area contributed by atoms with Gasteiger partial charge in [-0.1, -0.05) is 12.1 Å². The summed E-state index contributed by atoms with van der Waals surface area (Å²) in [6.07, 6.45) is 1.29. The van der Waals surface area contributed by atoms with Gasteiger partial charge in [0.2, 0.25) is 0 Å². The van der Waals surface area contributed by atoms with Crippen LogP contribution in [0.1, 0.15) is 25.3 Å². The highest BCUT2D eigenvalue weighted by molar-refractivity contribution is 6.60. The molecule has 0 aliphatic rings. The summed E-state index contributed by atoms with van der Waals surface area (Å²) in [6.45, 7) is 1.62. The molecule has 0 heterocycles. The summed E-state index contributed by atoms with van der Waals surface area (Å²) in [4.78, 5) is 11.4. The lowest BCUT2D eigenvalue weighted by molar-refractivity contribution is -0.132. The van der Waals surface area contributed by atoms with Crippen molar-refractivity contribution >= 4 is 20.3 Å². The molecule has 6 nitrogen and oxygen atoms in total. The van der Waals surface area contributed by atoms with Gasteiger partial charge in [-0.3, -0.25) is 0 Å². The van der Waals surface area contributed by atoms with Crippen LogP contribution in [-0.4, -0.2) is 48.3 Å². The summed E-state index contributed by atoms with van der Waals surface area (Å²) in [5, 5.41) is 9.36. The van der Waals surface area contributed by atoms with E-state index >= 15 is 0 Å². The van der Waals surface area contributed by atoms with E-state index in [2.05, 4.69) is 0 Å². The van der Waals surface area contributed by atoms with Crippen molar-refractivity contribution in [1.82, 2.24) is 0 Å². The van der Waals surface area contributed by atoms with Gasteiger partial charge in [0, 0.05) is 32.9 Å². The molecule has 24 heavy (non-hydrogen) atoms. The van der Waals surface area contributed by atoms with E-state index in [-0.39, 0.29) is 0 Å². The lowest BCUT2D eigenvalue weighted by atomic mass is 9.96. The Labute approximate surface area is 144 Å². The maximum absolute atomic E-state index is 11.4. The third-order valence-electron chi connectivity index (χ3n) is 4.05. The van der Waals surface area contributed by atoms with E-state index in [0.29, 0.717) is 24.5 Å². The molecule has 134 valence electrons. The quantitative estimate of drug-likeness (QED) is 0.514. The molecule has 0 spiro atoms. The van der Waals surface area contributed by atoms with Gasteiger partial charge >= 0.3 is 14.8 Å². The highest BCUT2D eigenvalue weighted by atomic mass is 28.4. The van der Waals surface area contributed by atoms with Gasteiger partial charge < -0.3 is 23.1 Å². The van der Waals surface area contributed by atoms with Gasteiger partial charge in [-0.15, -0.1) is 0 Å². The molecular weight excluding hydrogens is 328 g/mol. The first-order chi connectivity index (χ1) is 11.4. The number of carboxylic acid groups (broad SMARTS) is 1. The number of carboxylic acids is 1. The lowest BCUT2D eigenvalue weighted by Gasteiger charge is -2.24. The molecule has 0 amide bonds. The Morgan fingerprint density at radius 1 is 1.04 bits per heavy atom. The number of methoxy groups -OCH3 is 1. The van der Waals surface area contributed by atoms with Crippen LogP contribution in [0.5, 0.6) is 5.75 Å². The first-order valence-electron chi connectivity index (χ1n) is 7.66. The minimum absolute atomic E-state index is 0.333. The standard InChI is InChI=1S/C17H26O6Si/c1-13(17(18)19)16(14-8-10-15(20-2)11-9-14)7-6-12-24(21-3,22-4)23-5/h8-11H,6-7,12H2,1-5H3,(H,18,19). The monoisotopic (exact) mass is 354 g/mol. The molecule has 1 rings (SSSR count). The number of aliphatic carboxylic acids is 1. The van der Waals surface area contributed by atoms with Crippen molar-refractivity contribution < 1.29 is 27.9 Å². The van der Waals surface area contributed by atoms with Crippen LogP contribution in [0.15, 0.2) is 29.8 Å². The van der Waals surface area contributed by atoms with Gasteiger partial charge in [0.25, 0.3) is 0 Å². The zero-order valence-electron chi connectivity index (χ0n) is 14.9. The zero-order chi connectivity index (χ0) is 18.2. The molecule has 1 aromatic rings. The lowest BCUT2D eigenvalue weighted by Crippen LogP contribution is -2.42. The smallest absolute Gasteiger partial charge is 0.497 e. The van der Waals surface area contributed by atoms with Crippen LogP contribution >= 0.6 is 0 Å². The fourth-order valence-corrected chi connectivity index (χ4v) is 4.23. The largest absolute Gasteiger partial charge is 0.500 e. The van der Waals surface area contributed by atoms with E-state index < -0.39 is 14.8 Å². The van der Waals surface area contributed by atoms with Crippen LogP contribution in [0, 0.1) is 0 Å². The van der Waals surface area contributed by atoms with Gasteiger partial charge in [0.15, 0.2) is 0 Å². The van der Waals surface area contributed by atoms with E-state index in [4.69, 9.17) is 18.0 Å². The molecule has 0 bridgehead atoms. The number of hydrogen-bond acceptors (Lipinski definition) is 5. The second-order valence-electron chi connectivity index (χ2n) is 5.29. The maximum Gasteiger partial charge on any atom is 0.500 e. The normalized spacial score (nSPS) is 12.7. The van der Waals surface area contributed by atoms with Crippen molar-refractivity contribution in [1.29, 1.82) is 0 Å². The molecule has 0 unspecified atom stereocenters. The second-order valence-corrected chi connectivity index (χ2v) is 8.38. The highest BCUT2D eigenvalue weighted by Crippen LogP contribution is 2.28. The van der Waals surface area contributed by atoms with Gasteiger partial charge in [-0.25, -0.2) is 4.79 Å². The summed E-state index contributed by atoms with van der Waals surface area (Å²) >= 11 is 0.